The molecule has 0 amide bonds. The van der Waals surface area contributed by atoms with Gasteiger partial charge in [0.15, 0.2) is 11.9 Å². The summed E-state index contributed by atoms with van der Waals surface area (Å²) in [5.74, 6) is -0.907. The standard InChI is InChI=1S/C8H10N2O3.HI/c11-8(12)6-10-4-2-1-3-7(10)5-9-13;/h1-4,9,13H,5-6H2;1H. The van der Waals surface area contributed by atoms with Crippen LogP contribution in [0.4, 0.5) is 0 Å². The number of hydrogen-bond donors (Lipinski definition) is 3. The number of aliphatic carboxylic acids is 1. The predicted octanol–water partition coefficient (Wildman–Crippen LogP) is -3.46. The Morgan fingerprint density at radius 2 is 2.21 bits per heavy atom. The first-order chi connectivity index (χ1) is 6.24. The quantitative estimate of drug-likeness (QED) is 0.307. The van der Waals surface area contributed by atoms with E-state index in [-0.39, 0.29) is 37.1 Å². The van der Waals surface area contributed by atoms with Gasteiger partial charge in [-0.05, 0) is 0 Å². The third kappa shape index (κ3) is 3.99. The van der Waals surface area contributed by atoms with Crippen LogP contribution in [0.15, 0.2) is 24.4 Å². The van der Waals surface area contributed by atoms with Gasteiger partial charge in [0, 0.05) is 12.1 Å². The molecule has 0 saturated heterocycles. The molecule has 1 aromatic rings. The second-order valence-electron chi connectivity index (χ2n) is 2.55. The molecule has 0 saturated carbocycles. The van der Waals surface area contributed by atoms with E-state index in [9.17, 15) is 4.79 Å². The fraction of sp³-hybridized carbons (Fsp3) is 0.250. The molecule has 0 spiro atoms. The van der Waals surface area contributed by atoms with Crippen LogP contribution < -0.4 is 34.0 Å². The summed E-state index contributed by atoms with van der Waals surface area (Å²) in [5, 5.41) is 17.0. The molecule has 0 aromatic carbocycles. The largest absolute Gasteiger partial charge is 1.00 e. The molecule has 14 heavy (non-hydrogen) atoms. The minimum atomic E-state index is -0.907. The molecule has 6 heteroatoms. The van der Waals surface area contributed by atoms with E-state index in [2.05, 4.69) is 0 Å². The fourth-order valence-electron chi connectivity index (χ4n) is 1.05. The SMILES string of the molecule is O=C(O)C[n+]1ccccc1CNO.[I-]. The number of hydroxylamine groups is 1. The molecule has 1 aromatic heterocycles. The van der Waals surface area contributed by atoms with Crippen molar-refractivity contribution in [2.75, 3.05) is 0 Å². The van der Waals surface area contributed by atoms with Crippen LogP contribution in [0.5, 0.6) is 0 Å². The van der Waals surface area contributed by atoms with Crippen molar-refractivity contribution in [3.8, 4) is 0 Å². The highest BCUT2D eigenvalue weighted by atomic mass is 127. The lowest BCUT2D eigenvalue weighted by Crippen LogP contribution is -3.00. The number of carboxylic acids is 1. The van der Waals surface area contributed by atoms with Crippen LogP contribution >= 0.6 is 0 Å². The lowest BCUT2D eigenvalue weighted by Gasteiger charge is -1.99. The van der Waals surface area contributed by atoms with E-state index in [1.807, 2.05) is 5.48 Å². The highest BCUT2D eigenvalue weighted by Crippen LogP contribution is 1.90. The zero-order valence-corrected chi connectivity index (χ0v) is 9.51. The van der Waals surface area contributed by atoms with Gasteiger partial charge >= 0.3 is 5.97 Å². The minimum Gasteiger partial charge on any atom is -1.00 e. The topological polar surface area (TPSA) is 73.4 Å². The Morgan fingerprint density at radius 1 is 1.50 bits per heavy atom. The Bertz CT molecular complexity index is 306. The average molecular weight is 310 g/mol. The molecule has 1 heterocycles. The van der Waals surface area contributed by atoms with Gasteiger partial charge < -0.3 is 34.3 Å². The van der Waals surface area contributed by atoms with Gasteiger partial charge in [0.1, 0.15) is 6.54 Å². The van der Waals surface area contributed by atoms with E-state index >= 15 is 0 Å². The van der Waals surface area contributed by atoms with E-state index in [1.54, 1.807) is 29.0 Å². The summed E-state index contributed by atoms with van der Waals surface area (Å²) in [6.45, 7) is 0.131. The number of hydrogen-bond acceptors (Lipinski definition) is 3. The number of nitrogens with one attached hydrogen (secondary N) is 1. The summed E-state index contributed by atoms with van der Waals surface area (Å²) in [6, 6.07) is 5.26. The van der Waals surface area contributed by atoms with Crippen molar-refractivity contribution in [2.45, 2.75) is 13.1 Å². The van der Waals surface area contributed by atoms with Crippen LogP contribution in [-0.4, -0.2) is 16.3 Å². The highest BCUT2D eigenvalue weighted by molar-refractivity contribution is 5.64. The molecular formula is C8H11IN2O3. The normalized spacial score (nSPS) is 9.21. The maximum Gasteiger partial charge on any atom is 0.370 e. The molecule has 0 aliphatic rings. The molecular weight excluding hydrogens is 299 g/mol. The number of pyridine rings is 1. The number of rotatable bonds is 4. The first kappa shape index (κ1) is 13.3. The number of halogens is 1. The van der Waals surface area contributed by atoms with Crippen molar-refractivity contribution < 1.29 is 43.7 Å². The maximum atomic E-state index is 10.4. The second kappa shape index (κ2) is 6.68. The van der Waals surface area contributed by atoms with Gasteiger partial charge in [0.25, 0.3) is 0 Å². The van der Waals surface area contributed by atoms with Crippen LogP contribution in [0.25, 0.3) is 0 Å². The second-order valence-corrected chi connectivity index (χ2v) is 2.55. The van der Waals surface area contributed by atoms with Gasteiger partial charge in [-0.2, -0.15) is 10.0 Å². The van der Waals surface area contributed by atoms with Gasteiger partial charge in [-0.15, -0.1) is 0 Å². The Balaban J connectivity index is 0.00000169. The minimum absolute atomic E-state index is 0. The van der Waals surface area contributed by atoms with Gasteiger partial charge in [-0.1, -0.05) is 6.07 Å². The third-order valence-electron chi connectivity index (χ3n) is 1.60. The Kier molecular flexibility index (Phi) is 6.34. The lowest BCUT2D eigenvalue weighted by molar-refractivity contribution is -0.693. The molecule has 0 radical (unpaired) electrons. The molecule has 0 unspecified atom stereocenters. The van der Waals surface area contributed by atoms with Crippen LogP contribution in [0.3, 0.4) is 0 Å². The van der Waals surface area contributed by atoms with E-state index in [1.165, 1.54) is 0 Å². The number of carboxylic acid groups (broad SMARTS) is 1. The van der Waals surface area contributed by atoms with Gasteiger partial charge in [-0.25, -0.2) is 4.79 Å². The van der Waals surface area contributed by atoms with Crippen LogP contribution in [-0.2, 0) is 17.9 Å². The van der Waals surface area contributed by atoms with Gasteiger partial charge in [-0.3, -0.25) is 0 Å². The maximum absolute atomic E-state index is 10.4. The Hall–Kier alpha value is -0.730. The van der Waals surface area contributed by atoms with Crippen molar-refractivity contribution in [1.82, 2.24) is 5.48 Å². The van der Waals surface area contributed by atoms with E-state index in [0.717, 1.165) is 0 Å². The van der Waals surface area contributed by atoms with Crippen molar-refractivity contribution >= 4 is 5.97 Å². The first-order valence-electron chi connectivity index (χ1n) is 3.80. The summed E-state index contributed by atoms with van der Waals surface area (Å²) in [4.78, 5) is 10.4. The van der Waals surface area contributed by atoms with Crippen molar-refractivity contribution in [3.63, 3.8) is 0 Å². The molecule has 0 bridgehead atoms. The summed E-state index contributed by atoms with van der Waals surface area (Å²) in [5.41, 5.74) is 2.70. The van der Waals surface area contributed by atoms with Crippen molar-refractivity contribution in [3.05, 3.63) is 30.1 Å². The Morgan fingerprint density at radius 3 is 2.79 bits per heavy atom. The summed E-state index contributed by atoms with van der Waals surface area (Å²) in [7, 11) is 0. The number of carbonyl (C=O) groups is 1. The summed E-state index contributed by atoms with van der Waals surface area (Å²) < 4.78 is 1.55. The van der Waals surface area contributed by atoms with Crippen molar-refractivity contribution in [2.24, 2.45) is 0 Å². The molecule has 1 rings (SSSR count). The van der Waals surface area contributed by atoms with Gasteiger partial charge in [0.2, 0.25) is 6.54 Å². The highest BCUT2D eigenvalue weighted by Gasteiger charge is 2.12. The van der Waals surface area contributed by atoms with E-state index in [4.69, 9.17) is 10.3 Å². The van der Waals surface area contributed by atoms with E-state index < -0.39 is 5.97 Å². The summed E-state index contributed by atoms with van der Waals surface area (Å²) in [6.07, 6.45) is 1.65. The zero-order valence-electron chi connectivity index (χ0n) is 7.35. The first-order valence-corrected chi connectivity index (χ1v) is 3.80. The molecule has 0 atom stereocenters. The third-order valence-corrected chi connectivity index (χ3v) is 1.60. The van der Waals surface area contributed by atoms with Crippen molar-refractivity contribution in [1.29, 1.82) is 0 Å². The van der Waals surface area contributed by atoms with Gasteiger partial charge in [0.05, 0.1) is 0 Å². The number of aromatic nitrogens is 1. The molecule has 5 nitrogen and oxygen atoms in total. The zero-order chi connectivity index (χ0) is 9.68. The van der Waals surface area contributed by atoms with Crippen LogP contribution in [0.1, 0.15) is 5.69 Å². The monoisotopic (exact) mass is 310 g/mol. The molecule has 0 fully saturated rings. The molecule has 0 aliphatic heterocycles. The lowest BCUT2D eigenvalue weighted by atomic mass is 10.3. The predicted molar refractivity (Wildman–Crippen MR) is 42.9 cm³/mol. The molecule has 3 N–H and O–H groups in total. The summed E-state index contributed by atoms with van der Waals surface area (Å²) >= 11 is 0. The van der Waals surface area contributed by atoms with Crippen LogP contribution in [0.2, 0.25) is 0 Å². The average Bonchev–Trinajstić information content (AvgIpc) is 2.08. The fourth-order valence-corrected chi connectivity index (χ4v) is 1.05. The molecule has 0 aliphatic carbocycles. The van der Waals surface area contributed by atoms with Crippen LogP contribution in [0, 0.1) is 0 Å². The molecule has 78 valence electrons. The smallest absolute Gasteiger partial charge is 0.370 e. The number of nitrogens with zero attached hydrogens (tertiary/aromatic N) is 1. The van der Waals surface area contributed by atoms with E-state index in [0.29, 0.717) is 5.69 Å². The Labute approximate surface area is 98.4 Å².